The molecule has 1 aromatic heterocycles. The number of furan rings is 1. The van der Waals surface area contributed by atoms with Crippen LogP contribution < -0.4 is 10.2 Å². The van der Waals surface area contributed by atoms with Crippen LogP contribution in [0, 0.1) is 0 Å². The van der Waals surface area contributed by atoms with Crippen LogP contribution in [0.1, 0.15) is 5.76 Å². The number of amides is 2. The van der Waals surface area contributed by atoms with Crippen molar-refractivity contribution in [2.24, 2.45) is 4.99 Å². The van der Waals surface area contributed by atoms with Gasteiger partial charge >= 0.3 is 0 Å². The lowest BCUT2D eigenvalue weighted by molar-refractivity contribution is -0.119. The minimum Gasteiger partial charge on any atom is -0.467 e. The molecule has 0 radical (unpaired) electrons. The molecule has 2 amide bonds. The number of hydrogen-bond acceptors (Lipinski definition) is 5. The second-order valence-corrected chi connectivity index (χ2v) is 6.27. The molecule has 1 aromatic carbocycles. The Morgan fingerprint density at radius 3 is 2.92 bits per heavy atom. The number of nitrogens with one attached hydrogen (secondary N) is 1. The molecule has 3 rings (SSSR count). The second kappa shape index (κ2) is 7.55. The van der Waals surface area contributed by atoms with Crippen molar-refractivity contribution >= 4 is 46.0 Å². The highest BCUT2D eigenvalue weighted by Gasteiger charge is 2.29. The SMILES string of the molecule is O=C(CSC1=NCC(=O)N1c1ccccc1Cl)NCc1ccco1. The van der Waals surface area contributed by atoms with Gasteiger partial charge < -0.3 is 9.73 Å². The van der Waals surface area contributed by atoms with Gasteiger partial charge in [0, 0.05) is 0 Å². The molecular weight excluding hydrogens is 350 g/mol. The van der Waals surface area contributed by atoms with Crippen LogP contribution in [0.3, 0.4) is 0 Å². The maximum atomic E-state index is 12.1. The Hall–Kier alpha value is -2.25. The van der Waals surface area contributed by atoms with E-state index in [0.29, 0.717) is 28.2 Å². The van der Waals surface area contributed by atoms with Crippen LogP contribution in [0.5, 0.6) is 0 Å². The highest BCUT2D eigenvalue weighted by molar-refractivity contribution is 8.14. The summed E-state index contributed by atoms with van der Waals surface area (Å²) in [5.74, 6) is 0.493. The number of carbonyl (C=O) groups excluding carboxylic acids is 2. The van der Waals surface area contributed by atoms with Crippen molar-refractivity contribution in [2.45, 2.75) is 6.54 Å². The van der Waals surface area contributed by atoms with E-state index in [1.54, 1.807) is 42.7 Å². The van der Waals surface area contributed by atoms with Gasteiger partial charge in [-0.15, -0.1) is 0 Å². The molecule has 0 saturated heterocycles. The van der Waals surface area contributed by atoms with Crippen molar-refractivity contribution < 1.29 is 14.0 Å². The first kappa shape index (κ1) is 16.6. The van der Waals surface area contributed by atoms with Gasteiger partial charge in [-0.05, 0) is 24.3 Å². The Bertz CT molecular complexity index is 777. The van der Waals surface area contributed by atoms with Gasteiger partial charge in [-0.1, -0.05) is 35.5 Å². The number of para-hydroxylation sites is 1. The molecule has 2 aromatic rings. The van der Waals surface area contributed by atoms with Crippen molar-refractivity contribution in [3.8, 4) is 0 Å². The topological polar surface area (TPSA) is 74.9 Å². The summed E-state index contributed by atoms with van der Waals surface area (Å²) < 4.78 is 5.15. The number of aliphatic imine (C=N–C) groups is 1. The quantitative estimate of drug-likeness (QED) is 0.886. The summed E-state index contributed by atoms with van der Waals surface area (Å²) in [5.41, 5.74) is 0.573. The summed E-state index contributed by atoms with van der Waals surface area (Å²) >= 11 is 7.36. The molecule has 8 heteroatoms. The van der Waals surface area contributed by atoms with Gasteiger partial charge in [0.15, 0.2) is 5.17 Å². The molecule has 6 nitrogen and oxygen atoms in total. The highest BCUT2D eigenvalue weighted by Crippen LogP contribution is 2.30. The number of amidine groups is 1. The van der Waals surface area contributed by atoms with E-state index in [0.717, 1.165) is 0 Å². The predicted octanol–water partition coefficient (Wildman–Crippen LogP) is 2.69. The summed E-state index contributed by atoms with van der Waals surface area (Å²) in [4.78, 5) is 29.7. The van der Waals surface area contributed by atoms with Crippen molar-refractivity contribution in [1.82, 2.24) is 5.32 Å². The number of carbonyl (C=O) groups is 2. The van der Waals surface area contributed by atoms with Gasteiger partial charge in [-0.3, -0.25) is 19.5 Å². The van der Waals surface area contributed by atoms with E-state index < -0.39 is 0 Å². The maximum Gasteiger partial charge on any atom is 0.254 e. The van der Waals surface area contributed by atoms with E-state index in [-0.39, 0.29) is 24.1 Å². The molecule has 0 unspecified atom stereocenters. The summed E-state index contributed by atoms with van der Waals surface area (Å²) in [6, 6.07) is 10.6. The van der Waals surface area contributed by atoms with Gasteiger partial charge in [0.25, 0.3) is 5.91 Å². The second-order valence-electron chi connectivity index (χ2n) is 4.92. The zero-order chi connectivity index (χ0) is 16.9. The van der Waals surface area contributed by atoms with Crippen molar-refractivity contribution in [3.05, 3.63) is 53.4 Å². The lowest BCUT2D eigenvalue weighted by Gasteiger charge is -2.19. The van der Waals surface area contributed by atoms with Crippen molar-refractivity contribution in [1.29, 1.82) is 0 Å². The molecule has 1 aliphatic heterocycles. The number of hydrogen-bond donors (Lipinski definition) is 1. The number of nitrogens with zero attached hydrogens (tertiary/aromatic N) is 2. The van der Waals surface area contributed by atoms with Crippen LogP contribution >= 0.6 is 23.4 Å². The van der Waals surface area contributed by atoms with Crippen LogP contribution in [-0.2, 0) is 16.1 Å². The average molecular weight is 364 g/mol. The lowest BCUT2D eigenvalue weighted by atomic mass is 10.3. The number of halogens is 1. The Morgan fingerprint density at radius 1 is 1.33 bits per heavy atom. The molecule has 0 atom stereocenters. The Balaban J connectivity index is 1.59. The third kappa shape index (κ3) is 3.80. The zero-order valence-corrected chi connectivity index (χ0v) is 14.1. The number of anilines is 1. The molecule has 0 fully saturated rings. The van der Waals surface area contributed by atoms with E-state index in [1.807, 2.05) is 0 Å². The number of thioether (sulfide) groups is 1. The smallest absolute Gasteiger partial charge is 0.254 e. The summed E-state index contributed by atoms with van der Waals surface area (Å²) in [5, 5.41) is 3.68. The molecule has 0 spiro atoms. The van der Waals surface area contributed by atoms with Gasteiger partial charge in [-0.25, -0.2) is 0 Å². The van der Waals surface area contributed by atoms with E-state index in [4.69, 9.17) is 16.0 Å². The van der Waals surface area contributed by atoms with Crippen molar-refractivity contribution in [3.63, 3.8) is 0 Å². The zero-order valence-electron chi connectivity index (χ0n) is 12.6. The molecule has 0 aliphatic carbocycles. The molecule has 0 bridgehead atoms. The van der Waals surface area contributed by atoms with E-state index >= 15 is 0 Å². The minimum absolute atomic E-state index is 0.0571. The van der Waals surface area contributed by atoms with Gasteiger partial charge in [0.2, 0.25) is 5.91 Å². The van der Waals surface area contributed by atoms with Crippen molar-refractivity contribution in [2.75, 3.05) is 17.2 Å². The van der Waals surface area contributed by atoms with Crippen LogP contribution in [0.4, 0.5) is 5.69 Å². The standard InChI is InChI=1S/C16H14ClN3O3S/c17-12-5-1-2-6-13(12)20-15(22)9-19-16(20)24-10-14(21)18-8-11-4-3-7-23-11/h1-7H,8-10H2,(H,18,21). The first-order chi connectivity index (χ1) is 11.6. The molecule has 2 heterocycles. The highest BCUT2D eigenvalue weighted by atomic mass is 35.5. The third-order valence-electron chi connectivity index (χ3n) is 3.26. The Labute approximate surface area is 147 Å². The molecule has 0 saturated carbocycles. The van der Waals surface area contributed by atoms with Gasteiger partial charge in [0.1, 0.15) is 12.3 Å². The largest absolute Gasteiger partial charge is 0.467 e. The van der Waals surface area contributed by atoms with Crippen LogP contribution in [0.15, 0.2) is 52.1 Å². The Kier molecular flexibility index (Phi) is 5.22. The number of rotatable bonds is 5. The maximum absolute atomic E-state index is 12.1. The normalized spacial score (nSPS) is 14.0. The summed E-state index contributed by atoms with van der Waals surface area (Å²) in [7, 11) is 0. The number of benzene rings is 1. The molecule has 1 N–H and O–H groups in total. The minimum atomic E-state index is -0.169. The third-order valence-corrected chi connectivity index (χ3v) is 4.55. The first-order valence-corrected chi connectivity index (χ1v) is 8.55. The van der Waals surface area contributed by atoms with E-state index in [9.17, 15) is 9.59 Å². The van der Waals surface area contributed by atoms with Crippen LogP contribution in [-0.4, -0.2) is 29.3 Å². The molecular formula is C16H14ClN3O3S. The van der Waals surface area contributed by atoms with Crippen LogP contribution in [0.25, 0.3) is 0 Å². The first-order valence-electron chi connectivity index (χ1n) is 7.19. The van der Waals surface area contributed by atoms with E-state index in [2.05, 4.69) is 10.3 Å². The van der Waals surface area contributed by atoms with Crippen LogP contribution in [0.2, 0.25) is 5.02 Å². The fourth-order valence-corrected chi connectivity index (χ4v) is 3.21. The monoisotopic (exact) mass is 363 g/mol. The molecule has 124 valence electrons. The van der Waals surface area contributed by atoms with E-state index in [1.165, 1.54) is 16.7 Å². The lowest BCUT2D eigenvalue weighted by Crippen LogP contribution is -2.32. The summed E-state index contributed by atoms with van der Waals surface area (Å²) in [6.45, 7) is 0.383. The molecule has 1 aliphatic rings. The summed E-state index contributed by atoms with van der Waals surface area (Å²) in [6.07, 6.45) is 1.55. The Morgan fingerprint density at radius 2 is 2.17 bits per heavy atom. The van der Waals surface area contributed by atoms with Gasteiger partial charge in [0.05, 0.1) is 29.3 Å². The fraction of sp³-hybridized carbons (Fsp3) is 0.188. The van der Waals surface area contributed by atoms with Gasteiger partial charge in [-0.2, -0.15) is 0 Å². The fourth-order valence-electron chi connectivity index (χ4n) is 2.14. The predicted molar refractivity (Wildman–Crippen MR) is 94.3 cm³/mol. The molecule has 24 heavy (non-hydrogen) atoms. The average Bonchev–Trinajstić information content (AvgIpc) is 3.21.